The summed E-state index contributed by atoms with van der Waals surface area (Å²) in [6, 6.07) is 3.71. The van der Waals surface area contributed by atoms with Crippen molar-refractivity contribution in [2.75, 3.05) is 0 Å². The minimum atomic E-state index is -0.0331. The number of rotatable bonds is 2. The number of carbonyl (C=O) groups excluding carboxylic acids is 1. The Labute approximate surface area is 113 Å². The Morgan fingerprint density at radius 1 is 1.28 bits per heavy atom. The Morgan fingerprint density at radius 2 is 1.94 bits per heavy atom. The maximum absolute atomic E-state index is 12.1. The summed E-state index contributed by atoms with van der Waals surface area (Å²) in [6.45, 7) is 1.84. The van der Waals surface area contributed by atoms with E-state index in [1.807, 2.05) is 6.92 Å². The molecule has 0 spiro atoms. The summed E-state index contributed by atoms with van der Waals surface area (Å²) < 4.78 is 0. The first kappa shape index (κ1) is 13.3. The molecule has 1 heterocycles. The van der Waals surface area contributed by atoms with Gasteiger partial charge in [-0.3, -0.25) is 4.79 Å². The molecule has 1 fully saturated rings. The van der Waals surface area contributed by atoms with Gasteiger partial charge in [-0.25, -0.2) is 4.98 Å². The summed E-state index contributed by atoms with van der Waals surface area (Å²) in [6.07, 6.45) is 7.16. The van der Waals surface area contributed by atoms with Crippen LogP contribution in [0.2, 0.25) is 5.15 Å². The van der Waals surface area contributed by atoms with Crippen molar-refractivity contribution in [3.8, 4) is 0 Å². The number of nitrogens with one attached hydrogen (secondary N) is 1. The molecule has 98 valence electrons. The molecule has 1 amide bonds. The van der Waals surface area contributed by atoms with E-state index in [9.17, 15) is 4.79 Å². The van der Waals surface area contributed by atoms with Gasteiger partial charge in [-0.15, -0.1) is 0 Å². The molecule has 1 saturated carbocycles. The minimum absolute atomic E-state index is 0.0331. The van der Waals surface area contributed by atoms with Crippen molar-refractivity contribution in [2.24, 2.45) is 0 Å². The minimum Gasteiger partial charge on any atom is -0.349 e. The van der Waals surface area contributed by atoms with Crippen LogP contribution in [-0.4, -0.2) is 16.9 Å². The monoisotopic (exact) mass is 266 g/mol. The van der Waals surface area contributed by atoms with Gasteiger partial charge >= 0.3 is 0 Å². The van der Waals surface area contributed by atoms with E-state index >= 15 is 0 Å². The predicted octanol–water partition coefficient (Wildman–Crippen LogP) is 3.50. The number of hydrogen-bond donors (Lipinski definition) is 1. The van der Waals surface area contributed by atoms with E-state index in [1.54, 1.807) is 12.1 Å². The van der Waals surface area contributed by atoms with Gasteiger partial charge in [0.2, 0.25) is 0 Å². The average molecular weight is 267 g/mol. The van der Waals surface area contributed by atoms with Crippen molar-refractivity contribution in [3.63, 3.8) is 0 Å². The second-order valence-electron chi connectivity index (χ2n) is 4.98. The van der Waals surface area contributed by atoms with Crippen LogP contribution in [0.4, 0.5) is 0 Å². The van der Waals surface area contributed by atoms with E-state index in [0.717, 1.165) is 18.5 Å². The lowest BCUT2D eigenvalue weighted by molar-refractivity contribution is 0.0933. The predicted molar refractivity (Wildman–Crippen MR) is 72.9 cm³/mol. The van der Waals surface area contributed by atoms with Gasteiger partial charge < -0.3 is 5.32 Å². The Bertz CT molecular complexity index is 406. The number of aryl methyl sites for hydroxylation is 1. The summed E-state index contributed by atoms with van der Waals surface area (Å²) >= 11 is 5.87. The van der Waals surface area contributed by atoms with Crippen LogP contribution in [-0.2, 0) is 0 Å². The molecule has 3 nitrogen and oxygen atoms in total. The summed E-state index contributed by atoms with van der Waals surface area (Å²) in [4.78, 5) is 16.2. The second-order valence-corrected chi connectivity index (χ2v) is 5.37. The Balaban J connectivity index is 2.01. The molecule has 18 heavy (non-hydrogen) atoms. The summed E-state index contributed by atoms with van der Waals surface area (Å²) in [7, 11) is 0. The first-order valence-corrected chi connectivity index (χ1v) is 6.98. The van der Waals surface area contributed by atoms with Crippen LogP contribution in [0.5, 0.6) is 0 Å². The van der Waals surface area contributed by atoms with Crippen molar-refractivity contribution < 1.29 is 4.79 Å². The molecule has 0 saturated heterocycles. The van der Waals surface area contributed by atoms with Gasteiger partial charge in [0.1, 0.15) is 5.15 Å². The average Bonchev–Trinajstić information content (AvgIpc) is 2.56. The third kappa shape index (κ3) is 3.70. The SMILES string of the molecule is Cc1cc(C(=O)NC2CCCCCC2)cc(Cl)n1. The Kier molecular flexibility index (Phi) is 4.59. The molecule has 0 aliphatic heterocycles. The maximum Gasteiger partial charge on any atom is 0.251 e. The molecule has 1 aromatic rings. The molecule has 1 N–H and O–H groups in total. The summed E-state index contributed by atoms with van der Waals surface area (Å²) in [5.41, 5.74) is 1.38. The zero-order chi connectivity index (χ0) is 13.0. The van der Waals surface area contributed by atoms with E-state index < -0.39 is 0 Å². The second kappa shape index (κ2) is 6.19. The van der Waals surface area contributed by atoms with E-state index in [1.165, 1.54) is 25.7 Å². The molecule has 0 unspecified atom stereocenters. The van der Waals surface area contributed by atoms with Crippen LogP contribution in [0.15, 0.2) is 12.1 Å². The normalized spacial score (nSPS) is 17.2. The van der Waals surface area contributed by atoms with Gasteiger partial charge in [-0.2, -0.15) is 0 Å². The van der Waals surface area contributed by atoms with Gasteiger partial charge in [0, 0.05) is 17.3 Å². The van der Waals surface area contributed by atoms with Crippen LogP contribution in [0.1, 0.15) is 54.6 Å². The van der Waals surface area contributed by atoms with Gasteiger partial charge in [0.15, 0.2) is 0 Å². The van der Waals surface area contributed by atoms with Crippen LogP contribution in [0.3, 0.4) is 0 Å². The van der Waals surface area contributed by atoms with Crippen molar-refractivity contribution in [1.29, 1.82) is 0 Å². The summed E-state index contributed by atoms with van der Waals surface area (Å²) in [5.74, 6) is -0.0331. The number of aromatic nitrogens is 1. The highest BCUT2D eigenvalue weighted by molar-refractivity contribution is 6.29. The highest BCUT2D eigenvalue weighted by Gasteiger charge is 2.16. The summed E-state index contributed by atoms with van der Waals surface area (Å²) in [5, 5.41) is 3.48. The molecule has 0 radical (unpaired) electrons. The fourth-order valence-electron chi connectivity index (χ4n) is 2.45. The molecule has 1 aliphatic carbocycles. The molecule has 0 aromatic carbocycles. The zero-order valence-electron chi connectivity index (χ0n) is 10.7. The molecule has 0 bridgehead atoms. The van der Waals surface area contributed by atoms with Crippen LogP contribution in [0.25, 0.3) is 0 Å². The number of amides is 1. The molecular formula is C14H19ClN2O. The number of halogens is 1. The Morgan fingerprint density at radius 3 is 2.56 bits per heavy atom. The molecule has 0 atom stereocenters. The van der Waals surface area contributed by atoms with Gasteiger partial charge in [-0.05, 0) is 31.9 Å². The van der Waals surface area contributed by atoms with E-state index in [4.69, 9.17) is 11.6 Å². The lowest BCUT2D eigenvalue weighted by Crippen LogP contribution is -2.34. The molecule has 2 rings (SSSR count). The lowest BCUT2D eigenvalue weighted by Gasteiger charge is -2.16. The van der Waals surface area contributed by atoms with Crippen LogP contribution < -0.4 is 5.32 Å². The third-order valence-electron chi connectivity index (χ3n) is 3.37. The van der Waals surface area contributed by atoms with Gasteiger partial charge in [0.05, 0.1) is 0 Å². The van der Waals surface area contributed by atoms with Gasteiger partial charge in [0.25, 0.3) is 5.91 Å². The van der Waals surface area contributed by atoms with Crippen LogP contribution >= 0.6 is 11.6 Å². The molecule has 4 heteroatoms. The number of carbonyl (C=O) groups is 1. The number of hydrogen-bond acceptors (Lipinski definition) is 2. The van der Waals surface area contributed by atoms with Crippen molar-refractivity contribution in [3.05, 3.63) is 28.5 Å². The number of pyridine rings is 1. The molecule has 1 aromatic heterocycles. The Hall–Kier alpha value is -1.09. The molecule has 1 aliphatic rings. The maximum atomic E-state index is 12.1. The van der Waals surface area contributed by atoms with E-state index in [-0.39, 0.29) is 5.91 Å². The van der Waals surface area contributed by atoms with Crippen molar-refractivity contribution in [2.45, 2.75) is 51.5 Å². The van der Waals surface area contributed by atoms with Crippen LogP contribution in [0, 0.1) is 6.92 Å². The van der Waals surface area contributed by atoms with E-state index in [0.29, 0.717) is 16.8 Å². The van der Waals surface area contributed by atoms with Crippen molar-refractivity contribution >= 4 is 17.5 Å². The first-order chi connectivity index (χ1) is 8.65. The standard InChI is InChI=1S/C14H19ClN2O/c1-10-8-11(9-13(15)16-10)14(18)17-12-6-4-2-3-5-7-12/h8-9,12H,2-7H2,1H3,(H,17,18). The molecular weight excluding hydrogens is 248 g/mol. The van der Waals surface area contributed by atoms with Crippen molar-refractivity contribution in [1.82, 2.24) is 10.3 Å². The van der Waals surface area contributed by atoms with Gasteiger partial charge in [-0.1, -0.05) is 37.3 Å². The fraction of sp³-hybridized carbons (Fsp3) is 0.571. The number of nitrogens with zero attached hydrogens (tertiary/aromatic N) is 1. The highest BCUT2D eigenvalue weighted by Crippen LogP contribution is 2.18. The third-order valence-corrected chi connectivity index (χ3v) is 3.57. The first-order valence-electron chi connectivity index (χ1n) is 6.60. The fourth-order valence-corrected chi connectivity index (χ4v) is 2.70. The zero-order valence-corrected chi connectivity index (χ0v) is 11.5. The van der Waals surface area contributed by atoms with E-state index in [2.05, 4.69) is 10.3 Å². The highest BCUT2D eigenvalue weighted by atomic mass is 35.5. The topological polar surface area (TPSA) is 42.0 Å². The smallest absolute Gasteiger partial charge is 0.251 e. The largest absolute Gasteiger partial charge is 0.349 e. The lowest BCUT2D eigenvalue weighted by atomic mass is 10.1. The quantitative estimate of drug-likeness (QED) is 0.658.